The Morgan fingerprint density at radius 2 is 1.96 bits per heavy atom. The molecule has 0 bridgehead atoms. The molecule has 2 N–H and O–H groups in total. The van der Waals surface area contributed by atoms with Crippen LogP contribution in [0.15, 0.2) is 34.9 Å². The van der Waals surface area contributed by atoms with Crippen molar-refractivity contribution in [2.75, 3.05) is 7.11 Å². The van der Waals surface area contributed by atoms with Crippen LogP contribution in [0.25, 0.3) is 22.5 Å². The monoisotopic (exact) mass is 310 g/mol. The van der Waals surface area contributed by atoms with Crippen molar-refractivity contribution >= 4 is 10.9 Å². The Bertz CT molecular complexity index is 853. The first-order valence-corrected chi connectivity index (χ1v) is 7.76. The molecule has 4 rings (SSSR count). The summed E-state index contributed by atoms with van der Waals surface area (Å²) < 4.78 is 10.6. The predicted molar refractivity (Wildman–Crippen MR) is 85.9 cm³/mol. The van der Waals surface area contributed by atoms with E-state index in [-0.39, 0.29) is 0 Å². The second-order valence-corrected chi connectivity index (χ2v) is 6.04. The van der Waals surface area contributed by atoms with Crippen molar-refractivity contribution in [2.45, 2.75) is 31.2 Å². The highest BCUT2D eigenvalue weighted by molar-refractivity contribution is 5.82. The fraction of sp³-hybridized carbons (Fsp3) is 0.353. The van der Waals surface area contributed by atoms with E-state index in [2.05, 4.69) is 15.1 Å². The van der Waals surface area contributed by atoms with Crippen molar-refractivity contribution in [1.29, 1.82) is 0 Å². The Hall–Kier alpha value is -2.47. The molecular formula is C17H18N4O2. The standard InChI is InChI=1S/C17H18N4O2/c1-22-12-5-7-13-11(10-12)4-6-14(19-13)15-20-16(21-23-15)17(18)8-2-3-9-17/h4-7,10H,2-3,8-9,18H2,1H3. The normalized spacial score (nSPS) is 16.8. The summed E-state index contributed by atoms with van der Waals surface area (Å²) in [6.45, 7) is 0. The smallest absolute Gasteiger partial charge is 0.276 e. The fourth-order valence-corrected chi connectivity index (χ4v) is 3.11. The van der Waals surface area contributed by atoms with E-state index in [1.807, 2.05) is 30.3 Å². The average Bonchev–Trinajstić information content (AvgIpc) is 3.24. The van der Waals surface area contributed by atoms with Crippen molar-refractivity contribution in [3.05, 3.63) is 36.2 Å². The molecule has 0 spiro atoms. The Kier molecular flexibility index (Phi) is 3.27. The number of benzene rings is 1. The van der Waals surface area contributed by atoms with E-state index in [1.165, 1.54) is 0 Å². The molecule has 3 aromatic rings. The number of nitrogens with two attached hydrogens (primary N) is 1. The van der Waals surface area contributed by atoms with E-state index in [0.717, 1.165) is 42.3 Å². The van der Waals surface area contributed by atoms with Gasteiger partial charge in [-0.15, -0.1) is 0 Å². The van der Waals surface area contributed by atoms with Gasteiger partial charge in [0.1, 0.15) is 11.4 Å². The molecule has 2 heterocycles. The maximum atomic E-state index is 6.37. The minimum atomic E-state index is -0.452. The van der Waals surface area contributed by atoms with Gasteiger partial charge in [0.15, 0.2) is 5.82 Å². The highest BCUT2D eigenvalue weighted by Crippen LogP contribution is 2.35. The molecular weight excluding hydrogens is 292 g/mol. The number of ether oxygens (including phenoxy) is 1. The van der Waals surface area contributed by atoms with Crippen molar-refractivity contribution < 1.29 is 9.26 Å². The number of pyridine rings is 1. The quantitative estimate of drug-likeness (QED) is 0.800. The number of hydrogen-bond donors (Lipinski definition) is 1. The Balaban J connectivity index is 1.70. The van der Waals surface area contributed by atoms with Crippen LogP contribution in [-0.2, 0) is 5.54 Å². The van der Waals surface area contributed by atoms with E-state index in [1.54, 1.807) is 7.11 Å². The largest absolute Gasteiger partial charge is 0.497 e. The SMILES string of the molecule is COc1ccc2nc(-c3nc(C4(N)CCCC4)no3)ccc2c1. The summed E-state index contributed by atoms with van der Waals surface area (Å²) >= 11 is 0. The van der Waals surface area contributed by atoms with Crippen molar-refractivity contribution in [1.82, 2.24) is 15.1 Å². The second-order valence-electron chi connectivity index (χ2n) is 6.04. The van der Waals surface area contributed by atoms with Gasteiger partial charge in [-0.1, -0.05) is 24.1 Å². The minimum Gasteiger partial charge on any atom is -0.497 e. The first kappa shape index (κ1) is 14.1. The summed E-state index contributed by atoms with van der Waals surface area (Å²) in [7, 11) is 1.65. The number of methoxy groups -OCH3 is 1. The molecule has 0 aliphatic heterocycles. The maximum Gasteiger partial charge on any atom is 0.276 e. The Labute approximate surface area is 133 Å². The van der Waals surface area contributed by atoms with E-state index < -0.39 is 5.54 Å². The summed E-state index contributed by atoms with van der Waals surface area (Å²) in [5, 5.41) is 5.08. The molecule has 0 radical (unpaired) electrons. The highest BCUT2D eigenvalue weighted by atomic mass is 16.5. The number of hydrogen-bond acceptors (Lipinski definition) is 6. The van der Waals surface area contributed by atoms with Gasteiger partial charge in [-0.25, -0.2) is 4.98 Å². The van der Waals surface area contributed by atoms with Crippen LogP contribution in [0.2, 0.25) is 0 Å². The Morgan fingerprint density at radius 1 is 1.13 bits per heavy atom. The van der Waals surface area contributed by atoms with Gasteiger partial charge in [-0.2, -0.15) is 4.98 Å². The first-order valence-electron chi connectivity index (χ1n) is 7.76. The molecule has 2 aromatic heterocycles. The maximum absolute atomic E-state index is 6.37. The van der Waals surface area contributed by atoms with Crippen LogP contribution in [0.1, 0.15) is 31.5 Å². The lowest BCUT2D eigenvalue weighted by atomic mass is 9.99. The third kappa shape index (κ3) is 2.45. The number of rotatable bonds is 3. The zero-order chi connectivity index (χ0) is 15.9. The predicted octanol–water partition coefficient (Wildman–Crippen LogP) is 3.02. The summed E-state index contributed by atoms with van der Waals surface area (Å²) in [6.07, 6.45) is 4.01. The molecule has 6 nitrogen and oxygen atoms in total. The highest BCUT2D eigenvalue weighted by Gasteiger charge is 2.36. The van der Waals surface area contributed by atoms with Gasteiger partial charge in [-0.3, -0.25) is 0 Å². The van der Waals surface area contributed by atoms with Crippen LogP contribution in [0.4, 0.5) is 0 Å². The molecule has 23 heavy (non-hydrogen) atoms. The Morgan fingerprint density at radius 3 is 2.74 bits per heavy atom. The number of aromatic nitrogens is 3. The third-order valence-corrected chi connectivity index (χ3v) is 4.48. The average molecular weight is 310 g/mol. The molecule has 0 atom stereocenters. The van der Waals surface area contributed by atoms with Gasteiger partial charge in [0, 0.05) is 5.39 Å². The summed E-state index contributed by atoms with van der Waals surface area (Å²) in [6, 6.07) is 9.58. The van der Waals surface area contributed by atoms with Crippen molar-refractivity contribution in [2.24, 2.45) is 5.73 Å². The molecule has 1 aliphatic carbocycles. The first-order chi connectivity index (χ1) is 11.2. The molecule has 6 heteroatoms. The lowest BCUT2D eigenvalue weighted by Crippen LogP contribution is -2.34. The minimum absolute atomic E-state index is 0.412. The van der Waals surface area contributed by atoms with Crippen LogP contribution in [0, 0.1) is 0 Å². The van der Waals surface area contributed by atoms with Gasteiger partial charge in [-0.05, 0) is 37.1 Å². The van der Waals surface area contributed by atoms with Gasteiger partial charge < -0.3 is 15.0 Å². The summed E-state index contributed by atoms with van der Waals surface area (Å²) in [5.41, 5.74) is 7.43. The van der Waals surface area contributed by atoms with Crippen LogP contribution >= 0.6 is 0 Å². The molecule has 1 saturated carbocycles. The third-order valence-electron chi connectivity index (χ3n) is 4.48. The van der Waals surface area contributed by atoms with Gasteiger partial charge in [0.2, 0.25) is 0 Å². The van der Waals surface area contributed by atoms with Crippen LogP contribution in [0.5, 0.6) is 5.75 Å². The molecule has 1 aromatic carbocycles. The lowest BCUT2D eigenvalue weighted by Gasteiger charge is -2.17. The van der Waals surface area contributed by atoms with Crippen molar-refractivity contribution in [3.8, 4) is 17.3 Å². The van der Waals surface area contributed by atoms with Crippen molar-refractivity contribution in [3.63, 3.8) is 0 Å². The summed E-state index contributed by atoms with van der Waals surface area (Å²) in [4.78, 5) is 9.08. The van der Waals surface area contributed by atoms with E-state index in [9.17, 15) is 0 Å². The zero-order valence-electron chi connectivity index (χ0n) is 13.0. The topological polar surface area (TPSA) is 87.1 Å². The molecule has 118 valence electrons. The van der Waals surface area contributed by atoms with Gasteiger partial charge >= 0.3 is 0 Å². The number of nitrogens with zero attached hydrogens (tertiary/aromatic N) is 3. The van der Waals surface area contributed by atoms with Crippen LogP contribution in [0.3, 0.4) is 0 Å². The summed E-state index contributed by atoms with van der Waals surface area (Å²) in [5.74, 6) is 1.80. The molecule has 1 aliphatic rings. The van der Waals surface area contributed by atoms with Gasteiger partial charge in [0.05, 0.1) is 18.2 Å². The lowest BCUT2D eigenvalue weighted by molar-refractivity contribution is 0.372. The van der Waals surface area contributed by atoms with E-state index in [4.69, 9.17) is 15.0 Å². The second kappa shape index (κ2) is 5.31. The van der Waals surface area contributed by atoms with E-state index >= 15 is 0 Å². The fourth-order valence-electron chi connectivity index (χ4n) is 3.11. The van der Waals surface area contributed by atoms with E-state index in [0.29, 0.717) is 17.4 Å². The molecule has 0 saturated heterocycles. The molecule has 1 fully saturated rings. The number of fused-ring (bicyclic) bond motifs is 1. The van der Waals surface area contributed by atoms with Crippen LogP contribution < -0.4 is 10.5 Å². The molecule has 0 unspecified atom stereocenters. The zero-order valence-corrected chi connectivity index (χ0v) is 13.0. The van der Waals surface area contributed by atoms with Crippen LogP contribution in [-0.4, -0.2) is 22.2 Å². The van der Waals surface area contributed by atoms with Gasteiger partial charge in [0.25, 0.3) is 5.89 Å². The molecule has 0 amide bonds.